The van der Waals surface area contributed by atoms with E-state index >= 15 is 0 Å². The van der Waals surface area contributed by atoms with E-state index in [0.717, 1.165) is 26.2 Å². The minimum atomic E-state index is -3.74. The molecule has 1 atom stereocenters. The Hall–Kier alpha value is -2.86. The minimum absolute atomic E-state index is 0.0143. The van der Waals surface area contributed by atoms with Crippen molar-refractivity contribution in [3.05, 3.63) is 60.2 Å². The van der Waals surface area contributed by atoms with Gasteiger partial charge in [-0.25, -0.2) is 8.42 Å². The van der Waals surface area contributed by atoms with E-state index in [2.05, 4.69) is 44.8 Å². The number of amides is 1. The molecular formula is C23H28N4O3S. The Morgan fingerprint density at radius 1 is 1.10 bits per heavy atom. The summed E-state index contributed by atoms with van der Waals surface area (Å²) in [6, 6.07) is 16.5. The Morgan fingerprint density at radius 3 is 2.48 bits per heavy atom. The van der Waals surface area contributed by atoms with E-state index in [1.54, 1.807) is 12.1 Å². The Labute approximate surface area is 184 Å². The van der Waals surface area contributed by atoms with Crippen molar-refractivity contribution in [3.63, 3.8) is 0 Å². The summed E-state index contributed by atoms with van der Waals surface area (Å²) in [5, 5.41) is 2.92. The largest absolute Gasteiger partial charge is 0.369 e. The van der Waals surface area contributed by atoms with E-state index in [-0.39, 0.29) is 23.4 Å². The van der Waals surface area contributed by atoms with Crippen LogP contribution in [-0.4, -0.2) is 64.5 Å². The van der Waals surface area contributed by atoms with Crippen LogP contribution in [0.3, 0.4) is 0 Å². The van der Waals surface area contributed by atoms with Crippen LogP contribution in [0.4, 0.5) is 5.69 Å². The molecule has 164 valence electrons. The van der Waals surface area contributed by atoms with Gasteiger partial charge < -0.3 is 10.2 Å². The number of nitrogens with one attached hydrogen (secondary N) is 2. The molecule has 3 rings (SSSR count). The number of benzene rings is 2. The highest BCUT2D eigenvalue weighted by molar-refractivity contribution is 7.89. The lowest BCUT2D eigenvalue weighted by Crippen LogP contribution is -2.52. The maximum atomic E-state index is 12.6. The van der Waals surface area contributed by atoms with E-state index < -0.39 is 10.0 Å². The maximum absolute atomic E-state index is 12.6. The molecule has 0 bridgehead atoms. The standard InChI is InChI=1S/C23H28N4O3S/c1-3-12-25-31(29,30)22-11-7-8-20(17-22)23(28)24-18-19(2)26-13-15-27(16-14-26)21-9-5-4-6-10-21/h1,4-11,17,19,25H,12-16,18H2,2H3,(H,24,28). The molecular weight excluding hydrogens is 412 g/mol. The summed E-state index contributed by atoms with van der Waals surface area (Å²) in [7, 11) is -3.74. The monoisotopic (exact) mass is 440 g/mol. The summed E-state index contributed by atoms with van der Waals surface area (Å²) >= 11 is 0. The third-order valence-electron chi connectivity index (χ3n) is 5.39. The van der Waals surface area contributed by atoms with Gasteiger partial charge in [-0.05, 0) is 37.3 Å². The van der Waals surface area contributed by atoms with Gasteiger partial charge in [0.05, 0.1) is 11.4 Å². The molecule has 1 fully saturated rings. The molecule has 0 aliphatic carbocycles. The third kappa shape index (κ3) is 6.07. The predicted octanol–water partition coefficient (Wildman–Crippen LogP) is 1.54. The molecule has 2 aromatic carbocycles. The SMILES string of the molecule is C#CCNS(=O)(=O)c1cccc(C(=O)NCC(C)N2CCN(c3ccccc3)CC2)c1. The fourth-order valence-corrected chi connectivity index (χ4v) is 4.54. The van der Waals surface area contributed by atoms with Crippen LogP contribution in [0.5, 0.6) is 0 Å². The number of carbonyl (C=O) groups is 1. The number of hydrogen-bond donors (Lipinski definition) is 2. The molecule has 1 amide bonds. The number of hydrogen-bond acceptors (Lipinski definition) is 5. The summed E-state index contributed by atoms with van der Waals surface area (Å²) in [6.07, 6.45) is 5.11. The lowest BCUT2D eigenvalue weighted by molar-refractivity contribution is 0.0934. The zero-order valence-electron chi connectivity index (χ0n) is 17.6. The molecule has 1 aliphatic heterocycles. The van der Waals surface area contributed by atoms with Gasteiger partial charge in [0, 0.05) is 50.0 Å². The third-order valence-corrected chi connectivity index (χ3v) is 6.79. The molecule has 2 N–H and O–H groups in total. The van der Waals surface area contributed by atoms with Crippen molar-refractivity contribution in [1.82, 2.24) is 14.9 Å². The molecule has 1 unspecified atom stereocenters. The molecule has 1 aliphatic rings. The van der Waals surface area contributed by atoms with Gasteiger partial charge in [-0.15, -0.1) is 6.42 Å². The van der Waals surface area contributed by atoms with Crippen molar-refractivity contribution in [2.75, 3.05) is 44.2 Å². The highest BCUT2D eigenvalue weighted by Gasteiger charge is 2.22. The predicted molar refractivity (Wildman–Crippen MR) is 122 cm³/mol. The second-order valence-electron chi connectivity index (χ2n) is 7.47. The number of anilines is 1. The van der Waals surface area contributed by atoms with E-state index in [1.807, 2.05) is 18.2 Å². The lowest BCUT2D eigenvalue weighted by Gasteiger charge is -2.39. The summed E-state index contributed by atoms with van der Waals surface area (Å²) in [4.78, 5) is 17.3. The number of piperazine rings is 1. The summed E-state index contributed by atoms with van der Waals surface area (Å²) in [6.45, 7) is 6.17. The first-order valence-electron chi connectivity index (χ1n) is 10.3. The average molecular weight is 441 g/mol. The Balaban J connectivity index is 1.52. The van der Waals surface area contributed by atoms with Crippen molar-refractivity contribution in [2.24, 2.45) is 0 Å². The quantitative estimate of drug-likeness (QED) is 0.609. The summed E-state index contributed by atoms with van der Waals surface area (Å²) in [5.74, 6) is 1.93. The van der Waals surface area contributed by atoms with E-state index in [0.29, 0.717) is 12.1 Å². The van der Waals surface area contributed by atoms with Gasteiger partial charge in [-0.1, -0.05) is 30.2 Å². The second-order valence-corrected chi connectivity index (χ2v) is 9.24. The average Bonchev–Trinajstić information content (AvgIpc) is 2.81. The van der Waals surface area contributed by atoms with Crippen molar-refractivity contribution in [3.8, 4) is 12.3 Å². The van der Waals surface area contributed by atoms with Gasteiger partial charge >= 0.3 is 0 Å². The Kier molecular flexibility index (Phi) is 7.69. The zero-order chi connectivity index (χ0) is 22.3. The number of sulfonamides is 1. The molecule has 0 spiro atoms. The first-order chi connectivity index (χ1) is 14.9. The van der Waals surface area contributed by atoms with Crippen molar-refractivity contribution < 1.29 is 13.2 Å². The fourth-order valence-electron chi connectivity index (χ4n) is 3.56. The van der Waals surface area contributed by atoms with Gasteiger partial charge in [0.1, 0.15) is 0 Å². The maximum Gasteiger partial charge on any atom is 0.251 e. The molecule has 2 aromatic rings. The molecule has 1 saturated heterocycles. The van der Waals surface area contributed by atoms with E-state index in [1.165, 1.54) is 17.8 Å². The van der Waals surface area contributed by atoms with E-state index in [9.17, 15) is 13.2 Å². The minimum Gasteiger partial charge on any atom is -0.369 e. The number of nitrogens with zero attached hydrogens (tertiary/aromatic N) is 2. The fraction of sp³-hybridized carbons (Fsp3) is 0.348. The van der Waals surface area contributed by atoms with Crippen LogP contribution < -0.4 is 14.9 Å². The van der Waals surface area contributed by atoms with E-state index in [4.69, 9.17) is 6.42 Å². The van der Waals surface area contributed by atoms with Gasteiger partial charge in [0.2, 0.25) is 10.0 Å². The van der Waals surface area contributed by atoms with Crippen LogP contribution in [0.2, 0.25) is 0 Å². The van der Waals surface area contributed by atoms with Crippen molar-refractivity contribution >= 4 is 21.6 Å². The van der Waals surface area contributed by atoms with Crippen LogP contribution in [-0.2, 0) is 10.0 Å². The van der Waals surface area contributed by atoms with Crippen LogP contribution in [0.25, 0.3) is 0 Å². The van der Waals surface area contributed by atoms with Gasteiger partial charge in [0.15, 0.2) is 0 Å². The molecule has 1 heterocycles. The van der Waals surface area contributed by atoms with Gasteiger partial charge in [0.25, 0.3) is 5.91 Å². The summed E-state index contributed by atoms with van der Waals surface area (Å²) < 4.78 is 26.7. The van der Waals surface area contributed by atoms with Gasteiger partial charge in [-0.2, -0.15) is 4.72 Å². The van der Waals surface area contributed by atoms with Crippen LogP contribution in [0.1, 0.15) is 17.3 Å². The molecule has 8 heteroatoms. The van der Waals surface area contributed by atoms with Crippen molar-refractivity contribution in [1.29, 1.82) is 0 Å². The second kappa shape index (κ2) is 10.4. The number of rotatable bonds is 8. The number of terminal acetylenes is 1. The highest BCUT2D eigenvalue weighted by atomic mass is 32.2. The van der Waals surface area contributed by atoms with Crippen LogP contribution in [0.15, 0.2) is 59.5 Å². The molecule has 0 saturated carbocycles. The number of carbonyl (C=O) groups excluding carboxylic acids is 1. The summed E-state index contributed by atoms with van der Waals surface area (Å²) in [5.41, 5.74) is 1.53. The van der Waals surface area contributed by atoms with Crippen LogP contribution in [0, 0.1) is 12.3 Å². The first kappa shape index (κ1) is 22.8. The normalized spacial score (nSPS) is 15.8. The first-order valence-corrected chi connectivity index (χ1v) is 11.7. The topological polar surface area (TPSA) is 81.7 Å². The smallest absolute Gasteiger partial charge is 0.251 e. The van der Waals surface area contributed by atoms with Gasteiger partial charge in [-0.3, -0.25) is 9.69 Å². The number of para-hydroxylation sites is 1. The van der Waals surface area contributed by atoms with Crippen LogP contribution >= 0.6 is 0 Å². The molecule has 0 aromatic heterocycles. The zero-order valence-corrected chi connectivity index (χ0v) is 18.4. The highest BCUT2D eigenvalue weighted by Crippen LogP contribution is 2.16. The lowest BCUT2D eigenvalue weighted by atomic mass is 10.2. The molecule has 0 radical (unpaired) electrons. The Bertz CT molecular complexity index is 1030. The molecule has 31 heavy (non-hydrogen) atoms. The van der Waals surface area contributed by atoms with Crippen molar-refractivity contribution in [2.45, 2.75) is 17.9 Å². The Morgan fingerprint density at radius 2 is 1.81 bits per heavy atom. The molecule has 7 nitrogen and oxygen atoms in total.